The van der Waals surface area contributed by atoms with E-state index in [-0.39, 0.29) is 4.90 Å². The number of aryl methyl sites for hydroxylation is 1. The Morgan fingerprint density at radius 3 is 2.50 bits per heavy atom. The lowest BCUT2D eigenvalue weighted by atomic mass is 10.2. The van der Waals surface area contributed by atoms with Gasteiger partial charge in [0, 0.05) is 18.8 Å². The second kappa shape index (κ2) is 8.30. The Morgan fingerprint density at radius 2 is 1.75 bits per heavy atom. The molecule has 0 bridgehead atoms. The average Bonchev–Trinajstić information content (AvgIpc) is 3.25. The van der Waals surface area contributed by atoms with Gasteiger partial charge in [-0.2, -0.15) is 9.40 Å². The van der Waals surface area contributed by atoms with Crippen LogP contribution in [0.5, 0.6) is 0 Å². The number of hydrogen-bond donors (Lipinski definition) is 1. The van der Waals surface area contributed by atoms with Crippen molar-refractivity contribution in [1.29, 1.82) is 0 Å². The Balaban J connectivity index is 1.42. The summed E-state index contributed by atoms with van der Waals surface area (Å²) < 4.78 is 34.1. The molecule has 32 heavy (non-hydrogen) atoms. The summed E-state index contributed by atoms with van der Waals surface area (Å²) in [6.07, 6.45) is 3.21. The molecular formula is C22H22N6O3S. The number of hydrogen-bond acceptors (Lipinski definition) is 7. The molecule has 1 aliphatic heterocycles. The van der Waals surface area contributed by atoms with Crippen LogP contribution in [0.1, 0.15) is 5.56 Å². The van der Waals surface area contributed by atoms with E-state index >= 15 is 0 Å². The van der Waals surface area contributed by atoms with E-state index < -0.39 is 10.0 Å². The van der Waals surface area contributed by atoms with Gasteiger partial charge in [-0.05, 0) is 42.8 Å². The number of para-hydroxylation sites is 1. The van der Waals surface area contributed by atoms with Crippen molar-refractivity contribution in [2.45, 2.75) is 11.8 Å². The molecule has 9 nitrogen and oxygen atoms in total. The van der Waals surface area contributed by atoms with E-state index in [2.05, 4.69) is 20.4 Å². The summed E-state index contributed by atoms with van der Waals surface area (Å²) in [6.45, 7) is 3.59. The lowest BCUT2D eigenvalue weighted by Gasteiger charge is -2.26. The molecule has 5 rings (SSSR count). The molecule has 1 fully saturated rings. The zero-order valence-corrected chi connectivity index (χ0v) is 18.3. The van der Waals surface area contributed by atoms with E-state index in [1.54, 1.807) is 35.1 Å². The fourth-order valence-corrected chi connectivity index (χ4v) is 5.11. The van der Waals surface area contributed by atoms with Gasteiger partial charge in [0.2, 0.25) is 10.0 Å². The molecule has 2 aromatic carbocycles. The maximum Gasteiger partial charge on any atom is 0.243 e. The molecule has 2 aromatic heterocycles. The molecule has 0 radical (unpaired) electrons. The second-order valence-corrected chi connectivity index (χ2v) is 9.41. The van der Waals surface area contributed by atoms with Crippen molar-refractivity contribution in [1.82, 2.24) is 24.1 Å². The highest BCUT2D eigenvalue weighted by atomic mass is 32.2. The maximum absolute atomic E-state index is 12.8. The number of nitrogens with zero attached hydrogens (tertiary/aromatic N) is 5. The van der Waals surface area contributed by atoms with E-state index in [9.17, 15) is 8.42 Å². The van der Waals surface area contributed by atoms with Gasteiger partial charge in [-0.1, -0.05) is 18.2 Å². The molecule has 0 saturated carbocycles. The molecule has 0 amide bonds. The topological polar surface area (TPSA) is 102 Å². The van der Waals surface area contributed by atoms with E-state index in [1.165, 1.54) is 10.6 Å². The molecule has 164 valence electrons. The number of anilines is 2. The standard InChI is InChI=1S/C22H22N6O3S/c1-16-4-2-3-5-20(16)28-22-19(14-25-28)21(23-15-24-22)26-17-6-8-18(9-7-17)32(29,30)27-10-12-31-13-11-27/h2-9,14-15H,10-13H2,1H3,(H,23,24,26). The van der Waals surface area contributed by atoms with Gasteiger partial charge in [-0.3, -0.25) is 0 Å². The van der Waals surface area contributed by atoms with Crippen LogP contribution in [0.25, 0.3) is 16.7 Å². The number of morpholine rings is 1. The lowest BCUT2D eigenvalue weighted by Crippen LogP contribution is -2.40. The average molecular weight is 451 g/mol. The summed E-state index contributed by atoms with van der Waals surface area (Å²) in [7, 11) is -3.53. The van der Waals surface area contributed by atoms with Gasteiger partial charge >= 0.3 is 0 Å². The van der Waals surface area contributed by atoms with Crippen molar-refractivity contribution in [3.05, 3.63) is 66.6 Å². The Kier molecular flexibility index (Phi) is 5.33. The first-order valence-corrected chi connectivity index (χ1v) is 11.7. The van der Waals surface area contributed by atoms with Gasteiger partial charge in [0.25, 0.3) is 0 Å². The van der Waals surface area contributed by atoms with Crippen LogP contribution < -0.4 is 5.32 Å². The largest absolute Gasteiger partial charge is 0.379 e. The number of ether oxygens (including phenoxy) is 1. The molecule has 1 aliphatic rings. The molecule has 4 aromatic rings. The first-order valence-electron chi connectivity index (χ1n) is 10.2. The Labute approximate surface area is 185 Å². The Bertz CT molecular complexity index is 1360. The lowest BCUT2D eigenvalue weighted by molar-refractivity contribution is 0.0730. The molecule has 1 saturated heterocycles. The van der Waals surface area contributed by atoms with Crippen molar-refractivity contribution < 1.29 is 13.2 Å². The van der Waals surface area contributed by atoms with Crippen molar-refractivity contribution in [2.24, 2.45) is 0 Å². The highest BCUT2D eigenvalue weighted by Crippen LogP contribution is 2.26. The Morgan fingerprint density at radius 1 is 1.00 bits per heavy atom. The third kappa shape index (κ3) is 3.72. The Hall–Kier alpha value is -3.34. The van der Waals surface area contributed by atoms with E-state index in [0.29, 0.717) is 37.8 Å². The number of aromatic nitrogens is 4. The monoisotopic (exact) mass is 450 g/mol. The summed E-state index contributed by atoms with van der Waals surface area (Å²) in [5, 5.41) is 8.52. The summed E-state index contributed by atoms with van der Waals surface area (Å²) in [4.78, 5) is 9.03. The number of benzene rings is 2. The summed E-state index contributed by atoms with van der Waals surface area (Å²) >= 11 is 0. The molecule has 1 N–H and O–H groups in total. The molecule has 3 heterocycles. The van der Waals surface area contributed by atoms with Crippen LogP contribution >= 0.6 is 0 Å². The number of sulfonamides is 1. The van der Waals surface area contributed by atoms with Crippen LogP contribution in [0.15, 0.2) is 66.0 Å². The number of rotatable bonds is 5. The van der Waals surface area contributed by atoms with Gasteiger partial charge in [0.1, 0.15) is 12.1 Å². The fraction of sp³-hybridized carbons (Fsp3) is 0.227. The van der Waals surface area contributed by atoms with Crippen LogP contribution in [-0.4, -0.2) is 58.8 Å². The first kappa shape index (κ1) is 20.6. The first-order chi connectivity index (χ1) is 15.5. The van der Waals surface area contributed by atoms with Gasteiger partial charge in [-0.15, -0.1) is 0 Å². The molecular weight excluding hydrogens is 428 g/mol. The van der Waals surface area contributed by atoms with E-state index in [1.807, 2.05) is 31.2 Å². The third-order valence-corrected chi connectivity index (χ3v) is 7.35. The molecule has 0 spiro atoms. The van der Waals surface area contributed by atoms with Gasteiger partial charge in [0.05, 0.1) is 35.4 Å². The van der Waals surface area contributed by atoms with E-state index in [0.717, 1.165) is 22.3 Å². The minimum Gasteiger partial charge on any atom is -0.379 e. The molecule has 0 atom stereocenters. The minimum absolute atomic E-state index is 0.255. The third-order valence-electron chi connectivity index (χ3n) is 5.43. The van der Waals surface area contributed by atoms with Gasteiger partial charge in [-0.25, -0.2) is 23.1 Å². The summed E-state index contributed by atoms with van der Waals surface area (Å²) in [5.41, 5.74) is 3.44. The van der Waals surface area contributed by atoms with Gasteiger partial charge in [0.15, 0.2) is 5.65 Å². The second-order valence-electron chi connectivity index (χ2n) is 7.47. The highest BCUT2D eigenvalue weighted by Gasteiger charge is 2.26. The zero-order valence-electron chi connectivity index (χ0n) is 17.5. The highest BCUT2D eigenvalue weighted by molar-refractivity contribution is 7.89. The number of nitrogens with one attached hydrogen (secondary N) is 1. The maximum atomic E-state index is 12.8. The van der Waals surface area contributed by atoms with Gasteiger partial charge < -0.3 is 10.1 Å². The normalized spacial score (nSPS) is 15.2. The minimum atomic E-state index is -3.53. The predicted octanol–water partition coefficient (Wildman–Crippen LogP) is 2.89. The van der Waals surface area contributed by atoms with Crippen molar-refractivity contribution in [2.75, 3.05) is 31.6 Å². The van der Waals surface area contributed by atoms with Crippen molar-refractivity contribution >= 4 is 32.6 Å². The predicted molar refractivity (Wildman–Crippen MR) is 121 cm³/mol. The van der Waals surface area contributed by atoms with Crippen LogP contribution in [0, 0.1) is 6.92 Å². The van der Waals surface area contributed by atoms with Crippen LogP contribution in [0.4, 0.5) is 11.5 Å². The fourth-order valence-electron chi connectivity index (χ4n) is 3.70. The molecule has 10 heteroatoms. The van der Waals surface area contributed by atoms with E-state index in [4.69, 9.17) is 4.74 Å². The van der Waals surface area contributed by atoms with Crippen LogP contribution in [-0.2, 0) is 14.8 Å². The van der Waals surface area contributed by atoms with Crippen molar-refractivity contribution in [3.8, 4) is 5.69 Å². The van der Waals surface area contributed by atoms with Crippen molar-refractivity contribution in [3.63, 3.8) is 0 Å². The smallest absolute Gasteiger partial charge is 0.243 e. The summed E-state index contributed by atoms with van der Waals surface area (Å²) in [5.74, 6) is 0.596. The molecule has 0 aliphatic carbocycles. The zero-order chi connectivity index (χ0) is 22.1. The van der Waals surface area contributed by atoms with Crippen LogP contribution in [0.3, 0.4) is 0 Å². The molecule has 0 unspecified atom stereocenters. The SMILES string of the molecule is Cc1ccccc1-n1ncc2c(Nc3ccc(S(=O)(=O)N4CCOCC4)cc3)ncnc21. The quantitative estimate of drug-likeness (QED) is 0.499. The summed E-state index contributed by atoms with van der Waals surface area (Å²) in [6, 6.07) is 14.6. The number of fused-ring (bicyclic) bond motifs is 1. The van der Waals surface area contributed by atoms with Crippen LogP contribution in [0.2, 0.25) is 0 Å².